The Balaban J connectivity index is 2.34. The molecule has 1 saturated carbocycles. The Morgan fingerprint density at radius 1 is 1.25 bits per heavy atom. The Kier molecular flexibility index (Phi) is 4.45. The van der Waals surface area contributed by atoms with Gasteiger partial charge in [0.2, 0.25) is 15.9 Å². The summed E-state index contributed by atoms with van der Waals surface area (Å²) in [7, 11) is -3.66. The third kappa shape index (κ3) is 3.19. The normalized spacial score (nSPS) is 16.7. The topological polar surface area (TPSA) is 80.5 Å². The molecule has 0 aromatic heterocycles. The SMILES string of the molecule is Cc1ccc(S(=O)(=O)N(CC(N)=O)C2CCCC2)cc1. The second-order valence-electron chi connectivity index (χ2n) is 5.27. The lowest BCUT2D eigenvalue weighted by molar-refractivity contribution is -0.118. The van der Waals surface area contributed by atoms with Crippen LogP contribution in [0.4, 0.5) is 0 Å². The molecule has 0 radical (unpaired) electrons. The number of carbonyl (C=O) groups is 1. The largest absolute Gasteiger partial charge is 0.369 e. The van der Waals surface area contributed by atoms with Crippen LogP contribution in [0.2, 0.25) is 0 Å². The van der Waals surface area contributed by atoms with Crippen molar-refractivity contribution in [1.82, 2.24) is 4.31 Å². The van der Waals surface area contributed by atoms with Crippen molar-refractivity contribution in [2.75, 3.05) is 6.54 Å². The quantitative estimate of drug-likeness (QED) is 0.892. The molecule has 1 aliphatic carbocycles. The van der Waals surface area contributed by atoms with Crippen LogP contribution in [0.25, 0.3) is 0 Å². The first-order valence-corrected chi connectivity index (χ1v) is 8.22. The average molecular weight is 296 g/mol. The number of rotatable bonds is 5. The van der Waals surface area contributed by atoms with Crippen LogP contribution in [0.3, 0.4) is 0 Å². The zero-order chi connectivity index (χ0) is 14.8. The van der Waals surface area contributed by atoms with Gasteiger partial charge in [-0.15, -0.1) is 0 Å². The van der Waals surface area contributed by atoms with Crippen LogP contribution in [-0.4, -0.2) is 31.2 Å². The lowest BCUT2D eigenvalue weighted by Gasteiger charge is -2.26. The molecule has 20 heavy (non-hydrogen) atoms. The van der Waals surface area contributed by atoms with E-state index in [0.29, 0.717) is 0 Å². The predicted molar refractivity (Wildman–Crippen MR) is 76.5 cm³/mol. The van der Waals surface area contributed by atoms with Crippen molar-refractivity contribution in [3.05, 3.63) is 29.8 Å². The Morgan fingerprint density at radius 2 is 1.80 bits per heavy atom. The molecule has 0 atom stereocenters. The molecular weight excluding hydrogens is 276 g/mol. The van der Waals surface area contributed by atoms with Crippen LogP contribution < -0.4 is 5.73 Å². The molecule has 2 N–H and O–H groups in total. The summed E-state index contributed by atoms with van der Waals surface area (Å²) in [5, 5.41) is 0. The smallest absolute Gasteiger partial charge is 0.243 e. The maximum absolute atomic E-state index is 12.7. The van der Waals surface area contributed by atoms with Crippen LogP contribution in [0.1, 0.15) is 31.2 Å². The number of benzene rings is 1. The molecule has 0 heterocycles. The fourth-order valence-corrected chi connectivity index (χ4v) is 4.25. The average Bonchev–Trinajstić information content (AvgIpc) is 2.89. The van der Waals surface area contributed by atoms with Gasteiger partial charge in [0.05, 0.1) is 11.4 Å². The van der Waals surface area contributed by atoms with Crippen molar-refractivity contribution >= 4 is 15.9 Å². The van der Waals surface area contributed by atoms with Gasteiger partial charge in [-0.05, 0) is 31.9 Å². The summed E-state index contributed by atoms with van der Waals surface area (Å²) in [6, 6.07) is 6.55. The molecule has 0 spiro atoms. The lowest BCUT2D eigenvalue weighted by atomic mass is 10.2. The van der Waals surface area contributed by atoms with E-state index in [2.05, 4.69) is 0 Å². The summed E-state index contributed by atoms with van der Waals surface area (Å²) in [6.45, 7) is 1.65. The van der Waals surface area contributed by atoms with E-state index < -0.39 is 15.9 Å². The van der Waals surface area contributed by atoms with Crippen molar-refractivity contribution in [3.8, 4) is 0 Å². The predicted octanol–water partition coefficient (Wildman–Crippen LogP) is 1.41. The summed E-state index contributed by atoms with van der Waals surface area (Å²) >= 11 is 0. The highest BCUT2D eigenvalue weighted by molar-refractivity contribution is 7.89. The third-order valence-corrected chi connectivity index (χ3v) is 5.58. The van der Waals surface area contributed by atoms with Crippen molar-refractivity contribution in [2.45, 2.75) is 43.5 Å². The van der Waals surface area contributed by atoms with Gasteiger partial charge in [-0.3, -0.25) is 4.79 Å². The molecule has 1 aromatic carbocycles. The monoisotopic (exact) mass is 296 g/mol. The van der Waals surface area contributed by atoms with Gasteiger partial charge in [-0.25, -0.2) is 8.42 Å². The van der Waals surface area contributed by atoms with E-state index in [1.54, 1.807) is 24.3 Å². The van der Waals surface area contributed by atoms with Crippen LogP contribution in [0, 0.1) is 6.92 Å². The number of sulfonamides is 1. The highest BCUT2D eigenvalue weighted by Crippen LogP contribution is 2.28. The van der Waals surface area contributed by atoms with Gasteiger partial charge in [0.1, 0.15) is 0 Å². The lowest BCUT2D eigenvalue weighted by Crippen LogP contribution is -2.44. The van der Waals surface area contributed by atoms with Gasteiger partial charge >= 0.3 is 0 Å². The molecule has 5 nitrogen and oxygen atoms in total. The number of hydrogen-bond donors (Lipinski definition) is 1. The number of nitrogens with two attached hydrogens (primary N) is 1. The molecule has 2 rings (SSSR count). The van der Waals surface area contributed by atoms with Gasteiger partial charge in [-0.1, -0.05) is 30.5 Å². The minimum Gasteiger partial charge on any atom is -0.369 e. The minimum absolute atomic E-state index is 0.117. The summed E-state index contributed by atoms with van der Waals surface area (Å²) in [5.41, 5.74) is 6.21. The van der Waals surface area contributed by atoms with E-state index in [-0.39, 0.29) is 17.5 Å². The molecule has 6 heteroatoms. The number of hydrogen-bond acceptors (Lipinski definition) is 3. The van der Waals surface area contributed by atoms with E-state index in [0.717, 1.165) is 31.2 Å². The first-order chi connectivity index (χ1) is 9.41. The molecule has 1 aliphatic rings. The third-order valence-electron chi connectivity index (χ3n) is 3.67. The van der Waals surface area contributed by atoms with Crippen molar-refractivity contribution < 1.29 is 13.2 Å². The molecule has 0 bridgehead atoms. The summed E-state index contributed by atoms with van der Waals surface area (Å²) < 4.78 is 26.6. The standard InChI is InChI=1S/C14H20N2O3S/c1-11-6-8-13(9-7-11)20(18,19)16(10-14(15)17)12-4-2-3-5-12/h6-9,12H,2-5,10H2,1H3,(H2,15,17). The maximum atomic E-state index is 12.7. The van der Waals surface area contributed by atoms with E-state index in [1.807, 2.05) is 6.92 Å². The zero-order valence-electron chi connectivity index (χ0n) is 11.6. The second kappa shape index (κ2) is 5.93. The van der Waals surface area contributed by atoms with E-state index in [1.165, 1.54) is 4.31 Å². The minimum atomic E-state index is -3.66. The Morgan fingerprint density at radius 3 is 2.30 bits per heavy atom. The summed E-state index contributed by atoms with van der Waals surface area (Å²) in [4.78, 5) is 11.4. The molecule has 0 saturated heterocycles. The Bertz CT molecular complexity index is 575. The highest BCUT2D eigenvalue weighted by Gasteiger charge is 2.34. The molecule has 110 valence electrons. The van der Waals surface area contributed by atoms with Gasteiger partial charge in [0.15, 0.2) is 0 Å². The number of carbonyl (C=O) groups excluding carboxylic acids is 1. The van der Waals surface area contributed by atoms with Crippen molar-refractivity contribution in [3.63, 3.8) is 0 Å². The number of aryl methyl sites for hydroxylation is 1. The highest BCUT2D eigenvalue weighted by atomic mass is 32.2. The fraction of sp³-hybridized carbons (Fsp3) is 0.500. The molecule has 0 unspecified atom stereocenters. The van der Waals surface area contributed by atoms with Gasteiger partial charge < -0.3 is 5.73 Å². The van der Waals surface area contributed by atoms with Gasteiger partial charge in [0, 0.05) is 6.04 Å². The molecule has 1 aromatic rings. The first-order valence-electron chi connectivity index (χ1n) is 6.78. The first kappa shape index (κ1) is 15.0. The van der Waals surface area contributed by atoms with Crippen molar-refractivity contribution in [2.24, 2.45) is 5.73 Å². The summed E-state index contributed by atoms with van der Waals surface area (Å²) in [6.07, 6.45) is 3.56. The summed E-state index contributed by atoms with van der Waals surface area (Å²) in [5.74, 6) is -0.618. The Labute approximate surface area is 119 Å². The van der Waals surface area contributed by atoms with Gasteiger partial charge in [-0.2, -0.15) is 4.31 Å². The molecule has 0 aliphatic heterocycles. The van der Waals surface area contributed by atoms with Crippen LogP contribution in [0.5, 0.6) is 0 Å². The van der Waals surface area contributed by atoms with Crippen LogP contribution >= 0.6 is 0 Å². The van der Waals surface area contributed by atoms with Crippen LogP contribution in [0.15, 0.2) is 29.2 Å². The maximum Gasteiger partial charge on any atom is 0.243 e. The molecular formula is C14H20N2O3S. The van der Waals surface area contributed by atoms with E-state index >= 15 is 0 Å². The molecule has 1 fully saturated rings. The van der Waals surface area contributed by atoms with Crippen molar-refractivity contribution in [1.29, 1.82) is 0 Å². The van der Waals surface area contributed by atoms with Gasteiger partial charge in [0.25, 0.3) is 0 Å². The Hall–Kier alpha value is -1.40. The number of amides is 1. The van der Waals surface area contributed by atoms with E-state index in [9.17, 15) is 13.2 Å². The number of primary amides is 1. The van der Waals surface area contributed by atoms with Crippen LogP contribution in [-0.2, 0) is 14.8 Å². The fourth-order valence-electron chi connectivity index (χ4n) is 2.60. The zero-order valence-corrected chi connectivity index (χ0v) is 12.4. The second-order valence-corrected chi connectivity index (χ2v) is 7.16. The molecule has 1 amide bonds. The number of nitrogens with zero attached hydrogens (tertiary/aromatic N) is 1. The van der Waals surface area contributed by atoms with E-state index in [4.69, 9.17) is 5.73 Å².